The average Bonchev–Trinajstić information content (AvgIpc) is 2.25. The van der Waals surface area contributed by atoms with Crippen LogP contribution in [0, 0.1) is 21.8 Å². The molecule has 0 saturated carbocycles. The van der Waals surface area contributed by atoms with E-state index in [9.17, 15) is 14.5 Å². The summed E-state index contributed by atoms with van der Waals surface area (Å²) >= 11 is 0. The first-order valence-corrected chi connectivity index (χ1v) is 6.10. The van der Waals surface area contributed by atoms with E-state index >= 15 is 0 Å². The minimum absolute atomic E-state index is 0.161. The van der Waals surface area contributed by atoms with Crippen molar-refractivity contribution in [3.8, 4) is 0 Å². The third-order valence-corrected chi connectivity index (χ3v) is 2.68. The maximum absolute atomic E-state index is 13.2. The summed E-state index contributed by atoms with van der Waals surface area (Å²) in [5.41, 5.74) is 0.228. The molecular weight excluding hydrogens is 235 g/mol. The van der Waals surface area contributed by atoms with Gasteiger partial charge in [-0.05, 0) is 31.7 Å². The SMILES string of the molecule is CC(C)CCC(C)Nc1cc(F)cc([N+](=O)[O-])c1. The van der Waals surface area contributed by atoms with Gasteiger partial charge in [0.05, 0.1) is 11.0 Å². The van der Waals surface area contributed by atoms with Gasteiger partial charge in [0.25, 0.3) is 5.69 Å². The number of hydrogen-bond acceptors (Lipinski definition) is 3. The Morgan fingerprint density at radius 1 is 1.28 bits per heavy atom. The molecule has 0 aliphatic carbocycles. The van der Waals surface area contributed by atoms with Gasteiger partial charge in [-0.25, -0.2) is 4.39 Å². The molecule has 100 valence electrons. The zero-order chi connectivity index (χ0) is 13.7. The molecule has 0 radical (unpaired) electrons. The van der Waals surface area contributed by atoms with Crippen LogP contribution in [-0.4, -0.2) is 11.0 Å². The fourth-order valence-electron chi connectivity index (χ4n) is 1.70. The number of anilines is 1. The highest BCUT2D eigenvalue weighted by Crippen LogP contribution is 2.21. The summed E-state index contributed by atoms with van der Waals surface area (Å²) in [5, 5.41) is 13.7. The lowest BCUT2D eigenvalue weighted by atomic mass is 10.0. The highest BCUT2D eigenvalue weighted by Gasteiger charge is 2.11. The van der Waals surface area contributed by atoms with Crippen molar-refractivity contribution in [3.05, 3.63) is 34.1 Å². The monoisotopic (exact) mass is 254 g/mol. The lowest BCUT2D eigenvalue weighted by Gasteiger charge is -2.16. The second kappa shape index (κ2) is 6.33. The number of halogens is 1. The van der Waals surface area contributed by atoms with E-state index in [1.165, 1.54) is 12.1 Å². The Hall–Kier alpha value is -1.65. The van der Waals surface area contributed by atoms with Crippen LogP contribution >= 0.6 is 0 Å². The molecule has 0 heterocycles. The quantitative estimate of drug-likeness (QED) is 0.617. The summed E-state index contributed by atoms with van der Waals surface area (Å²) in [4.78, 5) is 10.0. The molecule has 0 fully saturated rings. The minimum Gasteiger partial charge on any atom is -0.382 e. The van der Waals surface area contributed by atoms with Gasteiger partial charge < -0.3 is 5.32 Å². The van der Waals surface area contributed by atoms with Gasteiger partial charge in [0, 0.05) is 17.8 Å². The highest BCUT2D eigenvalue weighted by molar-refractivity contribution is 5.52. The molecule has 0 aliphatic rings. The standard InChI is InChI=1S/C13H19FN2O2/c1-9(2)4-5-10(3)15-12-6-11(14)7-13(8-12)16(17)18/h6-10,15H,4-5H2,1-3H3. The Balaban J connectivity index is 2.69. The van der Waals surface area contributed by atoms with E-state index in [-0.39, 0.29) is 11.7 Å². The van der Waals surface area contributed by atoms with Crippen molar-refractivity contribution >= 4 is 11.4 Å². The number of benzene rings is 1. The molecule has 0 aromatic heterocycles. The summed E-state index contributed by atoms with van der Waals surface area (Å²) < 4.78 is 13.2. The number of nitro groups is 1. The zero-order valence-electron chi connectivity index (χ0n) is 10.9. The third-order valence-electron chi connectivity index (χ3n) is 2.68. The predicted molar refractivity (Wildman–Crippen MR) is 70.2 cm³/mol. The first-order valence-electron chi connectivity index (χ1n) is 6.10. The Morgan fingerprint density at radius 3 is 2.50 bits per heavy atom. The summed E-state index contributed by atoms with van der Waals surface area (Å²) in [5.74, 6) is 0.0128. The molecule has 0 bridgehead atoms. The van der Waals surface area contributed by atoms with Gasteiger partial charge in [0.15, 0.2) is 0 Å². The van der Waals surface area contributed by atoms with Crippen LogP contribution in [0.25, 0.3) is 0 Å². The van der Waals surface area contributed by atoms with Gasteiger partial charge in [-0.1, -0.05) is 13.8 Å². The summed E-state index contributed by atoms with van der Waals surface area (Å²) in [7, 11) is 0. The molecule has 0 spiro atoms. The molecule has 0 aliphatic heterocycles. The summed E-state index contributed by atoms with van der Waals surface area (Å²) in [6, 6.07) is 3.71. The van der Waals surface area contributed by atoms with Gasteiger partial charge >= 0.3 is 0 Å². The largest absolute Gasteiger partial charge is 0.382 e. The van der Waals surface area contributed by atoms with Crippen LogP contribution in [0.3, 0.4) is 0 Å². The Bertz CT molecular complexity index is 421. The van der Waals surface area contributed by atoms with Crippen LogP contribution in [0.2, 0.25) is 0 Å². The van der Waals surface area contributed by atoms with Crippen LogP contribution in [0.5, 0.6) is 0 Å². The molecule has 1 aromatic rings. The molecule has 0 saturated heterocycles. The maximum Gasteiger partial charge on any atom is 0.274 e. The van der Waals surface area contributed by atoms with E-state index in [1.54, 1.807) is 0 Å². The molecule has 1 N–H and O–H groups in total. The molecule has 1 rings (SSSR count). The van der Waals surface area contributed by atoms with Crippen molar-refractivity contribution in [1.82, 2.24) is 0 Å². The average molecular weight is 254 g/mol. The Labute approximate surface area is 106 Å². The van der Waals surface area contributed by atoms with E-state index in [0.717, 1.165) is 18.9 Å². The normalized spacial score (nSPS) is 12.5. The smallest absolute Gasteiger partial charge is 0.274 e. The Kier molecular flexibility index (Phi) is 5.07. The topological polar surface area (TPSA) is 55.2 Å². The Morgan fingerprint density at radius 2 is 1.94 bits per heavy atom. The molecular formula is C13H19FN2O2. The third kappa shape index (κ3) is 4.69. The van der Waals surface area contributed by atoms with Crippen LogP contribution in [0.15, 0.2) is 18.2 Å². The van der Waals surface area contributed by atoms with E-state index < -0.39 is 10.7 Å². The minimum atomic E-state index is -0.595. The van der Waals surface area contributed by atoms with E-state index in [1.807, 2.05) is 6.92 Å². The van der Waals surface area contributed by atoms with Crippen LogP contribution in [-0.2, 0) is 0 Å². The molecule has 1 aromatic carbocycles. The molecule has 4 nitrogen and oxygen atoms in total. The van der Waals surface area contributed by atoms with Crippen molar-refractivity contribution in [3.63, 3.8) is 0 Å². The van der Waals surface area contributed by atoms with Gasteiger partial charge in [0.1, 0.15) is 5.82 Å². The second-order valence-electron chi connectivity index (χ2n) is 4.97. The van der Waals surface area contributed by atoms with E-state index in [4.69, 9.17) is 0 Å². The van der Waals surface area contributed by atoms with Crippen molar-refractivity contribution in [2.75, 3.05) is 5.32 Å². The van der Waals surface area contributed by atoms with Crippen LogP contribution in [0.1, 0.15) is 33.6 Å². The number of nitro benzene ring substituents is 1. The lowest BCUT2D eigenvalue weighted by Crippen LogP contribution is -2.16. The van der Waals surface area contributed by atoms with Crippen LogP contribution < -0.4 is 5.32 Å². The number of rotatable bonds is 6. The molecule has 1 atom stereocenters. The number of nitrogens with zero attached hydrogens (tertiary/aromatic N) is 1. The van der Waals surface area contributed by atoms with E-state index in [2.05, 4.69) is 19.2 Å². The van der Waals surface area contributed by atoms with Crippen molar-refractivity contribution in [1.29, 1.82) is 0 Å². The molecule has 5 heteroatoms. The van der Waals surface area contributed by atoms with Gasteiger partial charge in [-0.2, -0.15) is 0 Å². The second-order valence-corrected chi connectivity index (χ2v) is 4.97. The molecule has 1 unspecified atom stereocenters. The van der Waals surface area contributed by atoms with E-state index in [0.29, 0.717) is 11.6 Å². The fraction of sp³-hybridized carbons (Fsp3) is 0.538. The van der Waals surface area contributed by atoms with Crippen molar-refractivity contribution in [2.45, 2.75) is 39.7 Å². The number of hydrogen-bond donors (Lipinski definition) is 1. The van der Waals surface area contributed by atoms with Crippen molar-refractivity contribution < 1.29 is 9.31 Å². The molecule has 0 amide bonds. The van der Waals surface area contributed by atoms with Gasteiger partial charge in [0.2, 0.25) is 0 Å². The lowest BCUT2D eigenvalue weighted by molar-refractivity contribution is -0.385. The maximum atomic E-state index is 13.2. The summed E-state index contributed by atoms with van der Waals surface area (Å²) in [6.45, 7) is 6.26. The zero-order valence-corrected chi connectivity index (χ0v) is 10.9. The predicted octanol–water partition coefficient (Wildman–Crippen LogP) is 3.97. The van der Waals surface area contributed by atoms with Crippen molar-refractivity contribution in [2.24, 2.45) is 5.92 Å². The van der Waals surface area contributed by atoms with Crippen LogP contribution in [0.4, 0.5) is 15.8 Å². The molecule has 18 heavy (non-hydrogen) atoms. The number of non-ortho nitro benzene ring substituents is 1. The first-order chi connectivity index (χ1) is 8.38. The summed E-state index contributed by atoms with van der Waals surface area (Å²) in [6.07, 6.45) is 2.01. The van der Waals surface area contributed by atoms with Gasteiger partial charge in [-0.3, -0.25) is 10.1 Å². The fourth-order valence-corrected chi connectivity index (χ4v) is 1.70. The first kappa shape index (κ1) is 14.4. The highest BCUT2D eigenvalue weighted by atomic mass is 19.1. The number of nitrogens with one attached hydrogen (secondary N) is 1. The van der Waals surface area contributed by atoms with Gasteiger partial charge in [-0.15, -0.1) is 0 Å².